The lowest BCUT2D eigenvalue weighted by atomic mass is 10.1. The monoisotopic (exact) mass is 347 g/mol. The number of anilines is 1. The van der Waals surface area contributed by atoms with Crippen molar-refractivity contribution in [3.8, 4) is 0 Å². The Hall–Kier alpha value is -3.21. The molecule has 2 aromatic carbocycles. The van der Waals surface area contributed by atoms with Crippen LogP contribution in [0, 0.1) is 5.92 Å². The second-order valence-corrected chi connectivity index (χ2v) is 6.52. The molecular weight excluding hydrogens is 326 g/mol. The van der Waals surface area contributed by atoms with Crippen molar-refractivity contribution >= 4 is 28.4 Å². The number of carbonyl (C=O) groups is 2. The molecular formula is C21H21N3O2. The molecule has 0 bridgehead atoms. The van der Waals surface area contributed by atoms with E-state index in [9.17, 15) is 9.59 Å². The number of fused-ring (bicyclic) bond motifs is 1. The Morgan fingerprint density at radius 1 is 0.962 bits per heavy atom. The molecule has 0 unspecified atom stereocenters. The van der Waals surface area contributed by atoms with Gasteiger partial charge in [-0.3, -0.25) is 14.6 Å². The van der Waals surface area contributed by atoms with Gasteiger partial charge in [-0.2, -0.15) is 0 Å². The lowest BCUT2D eigenvalue weighted by Crippen LogP contribution is -2.27. The Bertz CT molecular complexity index is 945. The van der Waals surface area contributed by atoms with Gasteiger partial charge in [0.05, 0.1) is 11.2 Å². The topological polar surface area (TPSA) is 71.1 Å². The van der Waals surface area contributed by atoms with Crippen LogP contribution in [-0.2, 0) is 0 Å². The van der Waals surface area contributed by atoms with Crippen LogP contribution in [0.15, 0.2) is 60.8 Å². The maximum atomic E-state index is 12.6. The molecule has 0 saturated heterocycles. The van der Waals surface area contributed by atoms with Gasteiger partial charge in [-0.05, 0) is 36.2 Å². The third kappa shape index (κ3) is 4.06. The summed E-state index contributed by atoms with van der Waals surface area (Å²) in [5, 5.41) is 6.69. The lowest BCUT2D eigenvalue weighted by Gasteiger charge is -2.10. The maximum Gasteiger partial charge on any atom is 0.255 e. The minimum Gasteiger partial charge on any atom is -0.352 e. The molecule has 0 aliphatic rings. The molecule has 5 nitrogen and oxygen atoms in total. The molecule has 132 valence electrons. The summed E-state index contributed by atoms with van der Waals surface area (Å²) in [6, 6.07) is 16.1. The van der Waals surface area contributed by atoms with Crippen molar-refractivity contribution in [2.24, 2.45) is 5.92 Å². The number of carbonyl (C=O) groups excluding carboxylic acids is 2. The Balaban J connectivity index is 1.80. The molecule has 3 aromatic rings. The summed E-state index contributed by atoms with van der Waals surface area (Å²) in [4.78, 5) is 29.2. The number of hydrogen-bond acceptors (Lipinski definition) is 3. The number of benzene rings is 2. The van der Waals surface area contributed by atoms with Gasteiger partial charge < -0.3 is 10.6 Å². The van der Waals surface area contributed by atoms with E-state index < -0.39 is 0 Å². The third-order valence-electron chi connectivity index (χ3n) is 3.94. The predicted octanol–water partition coefficient (Wildman–Crippen LogP) is 3.87. The molecule has 1 heterocycles. The van der Waals surface area contributed by atoms with E-state index in [4.69, 9.17) is 0 Å². The van der Waals surface area contributed by atoms with Gasteiger partial charge in [-0.1, -0.05) is 38.1 Å². The zero-order valence-electron chi connectivity index (χ0n) is 14.8. The van der Waals surface area contributed by atoms with Gasteiger partial charge in [-0.15, -0.1) is 0 Å². The second-order valence-electron chi connectivity index (χ2n) is 6.52. The van der Waals surface area contributed by atoms with Crippen molar-refractivity contribution in [2.75, 3.05) is 11.9 Å². The number of amides is 2. The van der Waals surface area contributed by atoms with Crippen molar-refractivity contribution in [3.63, 3.8) is 0 Å². The molecule has 0 aliphatic heterocycles. The minimum absolute atomic E-state index is 0.180. The fourth-order valence-corrected chi connectivity index (χ4v) is 2.60. The van der Waals surface area contributed by atoms with Crippen LogP contribution in [-0.4, -0.2) is 23.3 Å². The highest BCUT2D eigenvalue weighted by atomic mass is 16.2. The summed E-state index contributed by atoms with van der Waals surface area (Å²) >= 11 is 0. The average molecular weight is 347 g/mol. The maximum absolute atomic E-state index is 12.6. The normalized spacial score (nSPS) is 10.7. The average Bonchev–Trinajstić information content (AvgIpc) is 2.66. The standard InChI is InChI=1S/C21H21N3O2/c1-14(2)13-23-20(25)16-7-3-8-17(12-16)21(26)24-18-10-4-6-15-9-5-11-22-19(15)18/h3-12,14H,13H2,1-2H3,(H,23,25)(H,24,26). The molecule has 5 heteroatoms. The molecule has 0 atom stereocenters. The molecule has 3 rings (SSSR count). The van der Waals surface area contributed by atoms with E-state index in [1.807, 2.05) is 44.2 Å². The first kappa shape index (κ1) is 17.6. The smallest absolute Gasteiger partial charge is 0.255 e. The Labute approximate surface area is 152 Å². The van der Waals surface area contributed by atoms with Gasteiger partial charge in [0.25, 0.3) is 11.8 Å². The number of pyridine rings is 1. The first-order valence-electron chi connectivity index (χ1n) is 8.58. The number of rotatable bonds is 5. The summed E-state index contributed by atoms with van der Waals surface area (Å²) < 4.78 is 0. The van der Waals surface area contributed by atoms with Crippen LogP contribution >= 0.6 is 0 Å². The molecule has 2 amide bonds. The Kier molecular flexibility index (Phi) is 5.27. The third-order valence-corrected chi connectivity index (χ3v) is 3.94. The molecule has 2 N–H and O–H groups in total. The van der Waals surface area contributed by atoms with Crippen LogP contribution in [0.1, 0.15) is 34.6 Å². The molecule has 0 aliphatic carbocycles. The first-order valence-corrected chi connectivity index (χ1v) is 8.58. The highest BCUT2D eigenvalue weighted by Gasteiger charge is 2.12. The fraction of sp³-hybridized carbons (Fsp3) is 0.190. The van der Waals surface area contributed by atoms with E-state index >= 15 is 0 Å². The van der Waals surface area contributed by atoms with Crippen LogP contribution < -0.4 is 10.6 Å². The van der Waals surface area contributed by atoms with E-state index in [0.29, 0.717) is 29.3 Å². The summed E-state index contributed by atoms with van der Waals surface area (Å²) in [5.74, 6) is -0.0915. The van der Waals surface area contributed by atoms with E-state index in [-0.39, 0.29) is 11.8 Å². The minimum atomic E-state index is -0.276. The molecule has 0 saturated carbocycles. The van der Waals surface area contributed by atoms with Gasteiger partial charge in [0.15, 0.2) is 0 Å². The Morgan fingerprint density at radius 3 is 2.42 bits per heavy atom. The fourth-order valence-electron chi connectivity index (χ4n) is 2.60. The number of nitrogens with zero attached hydrogens (tertiary/aromatic N) is 1. The largest absolute Gasteiger partial charge is 0.352 e. The Morgan fingerprint density at radius 2 is 1.65 bits per heavy atom. The van der Waals surface area contributed by atoms with Gasteiger partial charge in [0.2, 0.25) is 0 Å². The number of para-hydroxylation sites is 1. The van der Waals surface area contributed by atoms with Crippen LogP contribution in [0.2, 0.25) is 0 Å². The predicted molar refractivity (Wildman–Crippen MR) is 103 cm³/mol. The number of nitrogens with one attached hydrogen (secondary N) is 2. The molecule has 0 radical (unpaired) electrons. The van der Waals surface area contributed by atoms with Crippen LogP contribution in [0.4, 0.5) is 5.69 Å². The van der Waals surface area contributed by atoms with Crippen LogP contribution in [0.25, 0.3) is 10.9 Å². The number of aromatic nitrogens is 1. The zero-order chi connectivity index (χ0) is 18.5. The van der Waals surface area contributed by atoms with Gasteiger partial charge in [0, 0.05) is 29.3 Å². The second kappa shape index (κ2) is 7.78. The first-order chi connectivity index (χ1) is 12.5. The van der Waals surface area contributed by atoms with Crippen molar-refractivity contribution in [1.82, 2.24) is 10.3 Å². The van der Waals surface area contributed by atoms with Gasteiger partial charge >= 0.3 is 0 Å². The summed E-state index contributed by atoms with van der Waals surface area (Å²) in [5.41, 5.74) is 2.27. The summed E-state index contributed by atoms with van der Waals surface area (Å²) in [6.07, 6.45) is 1.69. The molecule has 0 fully saturated rings. The van der Waals surface area contributed by atoms with Crippen LogP contribution in [0.3, 0.4) is 0 Å². The quantitative estimate of drug-likeness (QED) is 0.736. The van der Waals surface area contributed by atoms with Crippen molar-refractivity contribution < 1.29 is 9.59 Å². The van der Waals surface area contributed by atoms with Crippen molar-refractivity contribution in [3.05, 3.63) is 71.9 Å². The highest BCUT2D eigenvalue weighted by Crippen LogP contribution is 2.21. The molecule has 0 spiro atoms. The van der Waals surface area contributed by atoms with E-state index in [0.717, 1.165) is 10.9 Å². The van der Waals surface area contributed by atoms with E-state index in [2.05, 4.69) is 15.6 Å². The molecule has 26 heavy (non-hydrogen) atoms. The number of hydrogen-bond donors (Lipinski definition) is 2. The zero-order valence-corrected chi connectivity index (χ0v) is 14.8. The summed E-state index contributed by atoms with van der Waals surface area (Å²) in [7, 11) is 0. The molecule has 1 aromatic heterocycles. The van der Waals surface area contributed by atoms with E-state index in [1.54, 1.807) is 30.5 Å². The van der Waals surface area contributed by atoms with Crippen molar-refractivity contribution in [1.29, 1.82) is 0 Å². The lowest BCUT2D eigenvalue weighted by molar-refractivity contribution is 0.0949. The highest BCUT2D eigenvalue weighted by molar-refractivity contribution is 6.09. The van der Waals surface area contributed by atoms with Gasteiger partial charge in [0.1, 0.15) is 0 Å². The summed E-state index contributed by atoms with van der Waals surface area (Å²) in [6.45, 7) is 4.65. The van der Waals surface area contributed by atoms with Crippen molar-refractivity contribution in [2.45, 2.75) is 13.8 Å². The van der Waals surface area contributed by atoms with Crippen LogP contribution in [0.5, 0.6) is 0 Å². The SMILES string of the molecule is CC(C)CNC(=O)c1cccc(C(=O)Nc2cccc3cccnc23)c1. The van der Waals surface area contributed by atoms with E-state index in [1.165, 1.54) is 0 Å². The van der Waals surface area contributed by atoms with Gasteiger partial charge in [-0.25, -0.2) is 0 Å².